The molecule has 29 heavy (non-hydrogen) atoms. The molecule has 1 aromatic carbocycles. The largest absolute Gasteiger partial charge is 0.338 e. The molecule has 152 valence electrons. The molecule has 1 atom stereocenters. The van der Waals surface area contributed by atoms with E-state index in [1.54, 1.807) is 24.0 Å². The van der Waals surface area contributed by atoms with Gasteiger partial charge in [-0.3, -0.25) is 14.5 Å². The number of halogens is 1. The van der Waals surface area contributed by atoms with Crippen molar-refractivity contribution in [2.45, 2.75) is 38.8 Å². The molecular formula is C21H24FN5O2. The zero-order valence-corrected chi connectivity index (χ0v) is 16.4. The van der Waals surface area contributed by atoms with Gasteiger partial charge in [-0.25, -0.2) is 14.4 Å². The van der Waals surface area contributed by atoms with Crippen molar-refractivity contribution < 1.29 is 14.0 Å². The number of hydrogen-bond donors (Lipinski definition) is 1. The Labute approximate surface area is 168 Å². The van der Waals surface area contributed by atoms with Crippen LogP contribution >= 0.6 is 0 Å². The van der Waals surface area contributed by atoms with Crippen LogP contribution in [0.25, 0.3) is 0 Å². The summed E-state index contributed by atoms with van der Waals surface area (Å²) in [5, 5.41) is 2.81. The average Bonchev–Trinajstić information content (AvgIpc) is 3.16. The number of carbonyl (C=O) groups is 2. The summed E-state index contributed by atoms with van der Waals surface area (Å²) in [5.41, 5.74) is 2.57. The van der Waals surface area contributed by atoms with Crippen molar-refractivity contribution in [3.8, 4) is 0 Å². The lowest BCUT2D eigenvalue weighted by atomic mass is 10.1. The third-order valence-electron chi connectivity index (χ3n) is 5.53. The van der Waals surface area contributed by atoms with Gasteiger partial charge in [0.2, 0.25) is 11.8 Å². The molecule has 7 nitrogen and oxygen atoms in total. The summed E-state index contributed by atoms with van der Waals surface area (Å²) < 4.78 is 13.0. The minimum atomic E-state index is -0.335. The Hall–Kier alpha value is -2.87. The van der Waals surface area contributed by atoms with E-state index in [1.165, 1.54) is 12.1 Å². The van der Waals surface area contributed by atoms with Crippen LogP contribution in [0, 0.1) is 5.82 Å². The smallest absolute Gasteiger partial charge is 0.238 e. The Morgan fingerprint density at radius 1 is 1.24 bits per heavy atom. The van der Waals surface area contributed by atoms with Crippen molar-refractivity contribution in [2.24, 2.45) is 0 Å². The highest BCUT2D eigenvalue weighted by atomic mass is 19.1. The van der Waals surface area contributed by atoms with E-state index in [0.717, 1.165) is 42.9 Å². The first kappa shape index (κ1) is 19.4. The molecular weight excluding hydrogens is 373 g/mol. The molecule has 1 fully saturated rings. The van der Waals surface area contributed by atoms with E-state index >= 15 is 0 Å². The van der Waals surface area contributed by atoms with Gasteiger partial charge in [0.1, 0.15) is 11.6 Å². The minimum absolute atomic E-state index is 0.00473. The fourth-order valence-electron chi connectivity index (χ4n) is 3.99. The van der Waals surface area contributed by atoms with E-state index in [0.29, 0.717) is 18.8 Å². The number of nitrogens with zero attached hydrogens (tertiary/aromatic N) is 4. The molecule has 0 spiro atoms. The first-order valence-electron chi connectivity index (χ1n) is 9.89. The summed E-state index contributed by atoms with van der Waals surface area (Å²) in [6, 6.07) is 5.74. The highest BCUT2D eigenvalue weighted by Crippen LogP contribution is 2.30. The second-order valence-corrected chi connectivity index (χ2v) is 7.57. The predicted molar refractivity (Wildman–Crippen MR) is 105 cm³/mol. The van der Waals surface area contributed by atoms with E-state index in [2.05, 4.69) is 15.2 Å². The summed E-state index contributed by atoms with van der Waals surface area (Å²) in [5.74, 6) is 0.332. The van der Waals surface area contributed by atoms with Crippen LogP contribution in [0.1, 0.15) is 42.9 Å². The molecule has 0 radical (unpaired) electrons. The fraction of sp³-hybridized carbons (Fsp3) is 0.429. The van der Waals surface area contributed by atoms with Gasteiger partial charge in [-0.2, -0.15) is 0 Å². The van der Waals surface area contributed by atoms with E-state index in [4.69, 9.17) is 4.98 Å². The summed E-state index contributed by atoms with van der Waals surface area (Å²) in [7, 11) is 0. The van der Waals surface area contributed by atoms with Gasteiger partial charge < -0.3 is 10.2 Å². The number of likely N-dealkylation sites (tertiary alicyclic amines) is 1. The topological polar surface area (TPSA) is 78.4 Å². The van der Waals surface area contributed by atoms with E-state index in [-0.39, 0.29) is 30.2 Å². The molecule has 2 amide bonds. The van der Waals surface area contributed by atoms with Crippen LogP contribution in [-0.4, -0.2) is 51.2 Å². The first-order chi connectivity index (χ1) is 14.0. The summed E-state index contributed by atoms with van der Waals surface area (Å²) in [6.45, 7) is 3.85. The Morgan fingerprint density at radius 2 is 2.03 bits per heavy atom. The van der Waals surface area contributed by atoms with Crippen molar-refractivity contribution in [1.82, 2.24) is 19.8 Å². The molecule has 1 aromatic heterocycles. The molecule has 0 saturated carbocycles. The summed E-state index contributed by atoms with van der Waals surface area (Å²) >= 11 is 0. The van der Waals surface area contributed by atoms with Crippen molar-refractivity contribution in [1.29, 1.82) is 0 Å². The van der Waals surface area contributed by atoms with E-state index < -0.39 is 0 Å². The van der Waals surface area contributed by atoms with Gasteiger partial charge in [0.15, 0.2) is 0 Å². The van der Waals surface area contributed by atoms with Gasteiger partial charge in [0.25, 0.3) is 0 Å². The normalized spacial score (nSPS) is 19.1. The number of nitrogens with one attached hydrogen (secondary N) is 1. The second-order valence-electron chi connectivity index (χ2n) is 7.57. The third-order valence-corrected chi connectivity index (χ3v) is 5.53. The molecule has 8 heteroatoms. The van der Waals surface area contributed by atoms with Crippen LogP contribution in [0.15, 0.2) is 30.5 Å². The van der Waals surface area contributed by atoms with Gasteiger partial charge >= 0.3 is 0 Å². The minimum Gasteiger partial charge on any atom is -0.338 e. The van der Waals surface area contributed by atoms with Gasteiger partial charge in [-0.1, -0.05) is 0 Å². The number of rotatable bonds is 4. The van der Waals surface area contributed by atoms with Crippen LogP contribution in [0.2, 0.25) is 0 Å². The number of benzene rings is 1. The predicted octanol–water partition coefficient (Wildman–Crippen LogP) is 2.30. The standard InChI is InChI=1S/C21H24FN5O2/c1-14(28)26-10-8-18-15(12-26)11-23-21(25-18)19-3-2-9-27(19)13-20(29)24-17-6-4-16(22)5-7-17/h4-7,11,19H,2-3,8-10,12-13H2,1H3,(H,24,29)/t19-/m0/s1. The summed E-state index contributed by atoms with van der Waals surface area (Å²) in [6.07, 6.45) is 4.43. The number of amides is 2. The van der Waals surface area contributed by atoms with Gasteiger partial charge in [-0.05, 0) is 43.7 Å². The lowest BCUT2D eigenvalue weighted by Gasteiger charge is -2.28. The number of anilines is 1. The van der Waals surface area contributed by atoms with Gasteiger partial charge in [0.05, 0.1) is 18.3 Å². The molecule has 2 aliphatic heterocycles. The van der Waals surface area contributed by atoms with Crippen LogP contribution in [0.3, 0.4) is 0 Å². The van der Waals surface area contributed by atoms with Crippen LogP contribution in [0.5, 0.6) is 0 Å². The lowest BCUT2D eigenvalue weighted by molar-refractivity contribution is -0.129. The number of aromatic nitrogens is 2. The molecule has 0 unspecified atom stereocenters. The Balaban J connectivity index is 1.42. The van der Waals surface area contributed by atoms with Crippen molar-refractivity contribution >= 4 is 17.5 Å². The van der Waals surface area contributed by atoms with Crippen LogP contribution in [-0.2, 0) is 22.6 Å². The van der Waals surface area contributed by atoms with E-state index in [9.17, 15) is 14.0 Å². The molecule has 4 rings (SSSR count). The van der Waals surface area contributed by atoms with Crippen molar-refractivity contribution in [3.05, 3.63) is 53.4 Å². The van der Waals surface area contributed by atoms with Crippen LogP contribution < -0.4 is 5.32 Å². The number of fused-ring (bicyclic) bond motifs is 1. The van der Waals surface area contributed by atoms with Gasteiger partial charge in [0, 0.05) is 43.9 Å². The van der Waals surface area contributed by atoms with Gasteiger partial charge in [-0.15, -0.1) is 0 Å². The molecule has 0 aliphatic carbocycles. The number of hydrogen-bond acceptors (Lipinski definition) is 5. The maximum Gasteiger partial charge on any atom is 0.238 e. The quantitative estimate of drug-likeness (QED) is 0.857. The Morgan fingerprint density at radius 3 is 2.79 bits per heavy atom. The molecule has 0 bridgehead atoms. The highest BCUT2D eigenvalue weighted by Gasteiger charge is 2.31. The van der Waals surface area contributed by atoms with Crippen molar-refractivity contribution in [3.63, 3.8) is 0 Å². The zero-order chi connectivity index (χ0) is 20.4. The highest BCUT2D eigenvalue weighted by molar-refractivity contribution is 5.92. The van der Waals surface area contributed by atoms with Crippen molar-refractivity contribution in [2.75, 3.05) is 25.0 Å². The molecule has 2 aromatic rings. The van der Waals surface area contributed by atoms with E-state index in [1.807, 2.05) is 6.20 Å². The SMILES string of the molecule is CC(=O)N1CCc2nc([C@@H]3CCCN3CC(=O)Nc3ccc(F)cc3)ncc2C1. The molecule has 2 aliphatic rings. The monoisotopic (exact) mass is 397 g/mol. The fourth-order valence-corrected chi connectivity index (χ4v) is 3.99. The summed E-state index contributed by atoms with van der Waals surface area (Å²) in [4.78, 5) is 37.3. The molecule has 3 heterocycles. The first-order valence-corrected chi connectivity index (χ1v) is 9.89. The average molecular weight is 397 g/mol. The second kappa shape index (κ2) is 8.24. The third kappa shape index (κ3) is 4.42. The Kier molecular flexibility index (Phi) is 5.53. The van der Waals surface area contributed by atoms with Crippen LogP contribution in [0.4, 0.5) is 10.1 Å². The number of carbonyl (C=O) groups excluding carboxylic acids is 2. The molecule has 1 saturated heterocycles. The molecule has 1 N–H and O–H groups in total. The maximum atomic E-state index is 13.0. The zero-order valence-electron chi connectivity index (χ0n) is 16.4. The Bertz CT molecular complexity index is 918. The maximum absolute atomic E-state index is 13.0. The lowest BCUT2D eigenvalue weighted by Crippen LogP contribution is -2.36.